The lowest BCUT2D eigenvalue weighted by Gasteiger charge is -2.11. The van der Waals surface area contributed by atoms with Gasteiger partial charge in [0.1, 0.15) is 0 Å². The highest BCUT2D eigenvalue weighted by Crippen LogP contribution is 2.28. The van der Waals surface area contributed by atoms with Gasteiger partial charge in [0.05, 0.1) is 6.10 Å². The summed E-state index contributed by atoms with van der Waals surface area (Å²) in [5, 5.41) is 0. The number of rotatable bonds is 4. The molecular formula is C7H9O3P. The van der Waals surface area contributed by atoms with Crippen LogP contribution in [-0.2, 0) is 4.52 Å². The molecule has 0 unspecified atom stereocenters. The summed E-state index contributed by atoms with van der Waals surface area (Å²) < 4.78 is 4.62. The Hall–Kier alpha value is -0.570. The van der Waals surface area contributed by atoms with Gasteiger partial charge in [0.25, 0.3) is 0 Å². The van der Waals surface area contributed by atoms with Crippen molar-refractivity contribution < 1.29 is 14.3 Å². The first kappa shape index (κ1) is 10.4. The molecule has 0 aromatic heterocycles. The molecule has 0 amide bonds. The SMILES string of the molecule is C#CCC(CC#C)OP(O)O. The molecule has 0 saturated carbocycles. The van der Waals surface area contributed by atoms with Gasteiger partial charge in [-0.1, -0.05) is 0 Å². The van der Waals surface area contributed by atoms with Crippen molar-refractivity contribution in [2.45, 2.75) is 18.9 Å². The van der Waals surface area contributed by atoms with Crippen molar-refractivity contribution in [3.8, 4) is 24.7 Å². The molecule has 60 valence electrons. The van der Waals surface area contributed by atoms with Crippen LogP contribution in [0.25, 0.3) is 0 Å². The van der Waals surface area contributed by atoms with Gasteiger partial charge in [0, 0.05) is 12.8 Å². The van der Waals surface area contributed by atoms with Crippen molar-refractivity contribution >= 4 is 8.60 Å². The first-order chi connectivity index (χ1) is 5.20. The van der Waals surface area contributed by atoms with Gasteiger partial charge in [-0.3, -0.25) is 0 Å². The molecule has 2 N–H and O–H groups in total. The maximum atomic E-state index is 8.44. The highest BCUT2D eigenvalue weighted by atomic mass is 31.2. The van der Waals surface area contributed by atoms with Gasteiger partial charge in [-0.15, -0.1) is 24.7 Å². The summed E-state index contributed by atoms with van der Waals surface area (Å²) in [4.78, 5) is 16.9. The van der Waals surface area contributed by atoms with Crippen LogP contribution < -0.4 is 0 Å². The van der Waals surface area contributed by atoms with E-state index in [1.165, 1.54) is 0 Å². The number of terminal acetylenes is 2. The Morgan fingerprint density at radius 3 is 2.00 bits per heavy atom. The molecule has 0 radical (unpaired) electrons. The minimum atomic E-state index is -2.35. The summed E-state index contributed by atoms with van der Waals surface area (Å²) in [6.45, 7) is 0. The zero-order valence-corrected chi connectivity index (χ0v) is 6.79. The predicted octanol–water partition coefficient (Wildman–Crippen LogP) is 0.630. The molecule has 0 bridgehead atoms. The molecular weight excluding hydrogens is 163 g/mol. The van der Waals surface area contributed by atoms with E-state index < -0.39 is 14.7 Å². The van der Waals surface area contributed by atoms with Crippen LogP contribution in [0.1, 0.15) is 12.8 Å². The Bertz CT molecular complexity index is 161. The fourth-order valence-corrected chi connectivity index (χ4v) is 0.959. The van der Waals surface area contributed by atoms with Gasteiger partial charge < -0.3 is 14.3 Å². The predicted molar refractivity (Wildman–Crippen MR) is 43.1 cm³/mol. The summed E-state index contributed by atoms with van der Waals surface area (Å²) in [5.74, 6) is 4.65. The van der Waals surface area contributed by atoms with E-state index in [1.54, 1.807) is 0 Å². The Labute approximate surface area is 67.4 Å². The first-order valence-corrected chi connectivity index (χ1v) is 4.08. The summed E-state index contributed by atoms with van der Waals surface area (Å²) in [7, 11) is -2.35. The maximum Gasteiger partial charge on any atom is 0.327 e. The van der Waals surface area contributed by atoms with Gasteiger partial charge >= 0.3 is 8.60 Å². The normalized spacial score (nSPS) is 9.64. The van der Waals surface area contributed by atoms with Crippen LogP contribution in [0.15, 0.2) is 0 Å². The topological polar surface area (TPSA) is 49.7 Å². The highest BCUT2D eigenvalue weighted by Gasteiger charge is 2.10. The highest BCUT2D eigenvalue weighted by molar-refractivity contribution is 7.39. The summed E-state index contributed by atoms with van der Waals surface area (Å²) >= 11 is 0. The fraction of sp³-hybridized carbons (Fsp3) is 0.429. The zero-order chi connectivity index (χ0) is 8.69. The molecule has 3 nitrogen and oxygen atoms in total. The van der Waals surface area contributed by atoms with Crippen LogP contribution in [0.3, 0.4) is 0 Å². The molecule has 0 fully saturated rings. The average molecular weight is 172 g/mol. The molecule has 0 aromatic carbocycles. The van der Waals surface area contributed by atoms with E-state index in [1.807, 2.05) is 0 Å². The van der Waals surface area contributed by atoms with Crippen molar-refractivity contribution in [1.29, 1.82) is 0 Å². The second-order valence-electron chi connectivity index (χ2n) is 1.80. The van der Waals surface area contributed by atoms with Crippen LogP contribution in [0, 0.1) is 24.7 Å². The maximum absolute atomic E-state index is 8.44. The lowest BCUT2D eigenvalue weighted by atomic mass is 10.2. The van der Waals surface area contributed by atoms with Gasteiger partial charge in [-0.2, -0.15) is 0 Å². The van der Waals surface area contributed by atoms with Crippen molar-refractivity contribution in [1.82, 2.24) is 0 Å². The van der Waals surface area contributed by atoms with Crippen molar-refractivity contribution in [3.63, 3.8) is 0 Å². The van der Waals surface area contributed by atoms with Gasteiger partial charge in [0.15, 0.2) is 0 Å². The second kappa shape index (κ2) is 6.16. The average Bonchev–Trinajstić information content (AvgIpc) is 1.87. The Kier molecular flexibility index (Phi) is 5.84. The Balaban J connectivity index is 3.73. The molecule has 0 aliphatic carbocycles. The van der Waals surface area contributed by atoms with Crippen LogP contribution >= 0.6 is 8.60 Å². The van der Waals surface area contributed by atoms with E-state index in [4.69, 9.17) is 22.6 Å². The summed E-state index contributed by atoms with van der Waals surface area (Å²) in [5.41, 5.74) is 0. The fourth-order valence-electron chi connectivity index (χ4n) is 0.543. The smallest absolute Gasteiger partial charge is 0.327 e. The van der Waals surface area contributed by atoms with Crippen molar-refractivity contribution in [3.05, 3.63) is 0 Å². The third-order valence-electron chi connectivity index (χ3n) is 0.934. The molecule has 0 saturated heterocycles. The second-order valence-corrected chi connectivity index (χ2v) is 2.51. The molecule has 11 heavy (non-hydrogen) atoms. The largest absolute Gasteiger partial charge is 0.328 e. The molecule has 0 rings (SSSR count). The molecule has 0 aliphatic rings. The number of hydrogen-bond acceptors (Lipinski definition) is 3. The van der Waals surface area contributed by atoms with Gasteiger partial charge in [0.2, 0.25) is 0 Å². The minimum Gasteiger partial charge on any atom is -0.328 e. The van der Waals surface area contributed by atoms with Crippen molar-refractivity contribution in [2.24, 2.45) is 0 Å². The molecule has 0 aliphatic heterocycles. The zero-order valence-electron chi connectivity index (χ0n) is 5.90. The standard InChI is InChI=1S/C7H9O3P/c1-3-5-7(6-4-2)10-11(8)9/h1-2,7-9H,5-6H2. The molecule has 0 spiro atoms. The van der Waals surface area contributed by atoms with E-state index in [0.29, 0.717) is 12.8 Å². The van der Waals surface area contributed by atoms with Crippen molar-refractivity contribution in [2.75, 3.05) is 0 Å². The third-order valence-corrected chi connectivity index (χ3v) is 1.42. The lowest BCUT2D eigenvalue weighted by molar-refractivity contribution is 0.179. The molecule has 0 aromatic rings. The monoisotopic (exact) mass is 172 g/mol. The van der Waals surface area contributed by atoms with Crippen LogP contribution in [0.4, 0.5) is 0 Å². The van der Waals surface area contributed by atoms with E-state index in [2.05, 4.69) is 16.4 Å². The third kappa shape index (κ3) is 5.85. The summed E-state index contributed by atoms with van der Waals surface area (Å²) in [6.07, 6.45) is 10.1. The quantitative estimate of drug-likeness (QED) is 0.483. The minimum absolute atomic E-state index is 0.296. The van der Waals surface area contributed by atoms with Crippen LogP contribution in [0.5, 0.6) is 0 Å². The van der Waals surface area contributed by atoms with E-state index >= 15 is 0 Å². The Morgan fingerprint density at radius 2 is 1.73 bits per heavy atom. The van der Waals surface area contributed by atoms with Gasteiger partial charge in [-0.05, 0) is 0 Å². The molecule has 0 atom stereocenters. The van der Waals surface area contributed by atoms with Crippen LogP contribution in [-0.4, -0.2) is 15.9 Å². The molecule has 4 heteroatoms. The van der Waals surface area contributed by atoms with E-state index in [9.17, 15) is 0 Å². The van der Waals surface area contributed by atoms with Crippen LogP contribution in [0.2, 0.25) is 0 Å². The molecule has 0 heterocycles. The van der Waals surface area contributed by atoms with Gasteiger partial charge in [-0.25, -0.2) is 0 Å². The first-order valence-electron chi connectivity index (χ1n) is 2.92. The number of hydrogen-bond donors (Lipinski definition) is 2. The lowest BCUT2D eigenvalue weighted by Crippen LogP contribution is -2.07. The van der Waals surface area contributed by atoms with E-state index in [-0.39, 0.29) is 0 Å². The van der Waals surface area contributed by atoms with E-state index in [0.717, 1.165) is 0 Å². The summed E-state index contributed by atoms with van der Waals surface area (Å²) in [6, 6.07) is 0. The Morgan fingerprint density at radius 1 is 1.27 bits per heavy atom.